The summed E-state index contributed by atoms with van der Waals surface area (Å²) >= 11 is 0. The summed E-state index contributed by atoms with van der Waals surface area (Å²) in [5, 5.41) is 9.36. The van der Waals surface area contributed by atoms with Crippen molar-refractivity contribution in [3.8, 4) is 62.5 Å². The van der Waals surface area contributed by atoms with E-state index >= 15 is 0 Å². The number of fused-ring (bicyclic) bond motifs is 1. The number of benzene rings is 5. The second-order valence-electron chi connectivity index (χ2n) is 14.6. The van der Waals surface area contributed by atoms with Crippen LogP contribution in [0.5, 0.6) is 0 Å². The van der Waals surface area contributed by atoms with Crippen molar-refractivity contribution in [2.24, 2.45) is 23.2 Å². The van der Waals surface area contributed by atoms with Gasteiger partial charge in [-0.05, 0) is 101 Å². The van der Waals surface area contributed by atoms with Gasteiger partial charge in [-0.1, -0.05) is 115 Å². The van der Waals surface area contributed by atoms with Crippen molar-refractivity contribution in [3.05, 3.63) is 139 Å². The minimum absolute atomic E-state index is 0.397. The van der Waals surface area contributed by atoms with E-state index in [1.807, 2.05) is 66.7 Å². The Morgan fingerprint density at radius 1 is 0.500 bits per heavy atom. The van der Waals surface area contributed by atoms with Crippen molar-refractivity contribution in [3.63, 3.8) is 0 Å². The fraction of sp³-hybridized carbons (Fsp3) is 0.227. The fourth-order valence-corrected chi connectivity index (χ4v) is 10.3. The zero-order chi connectivity index (χ0) is 31.9. The van der Waals surface area contributed by atoms with Gasteiger partial charge in [0.1, 0.15) is 0 Å². The molecule has 6 aromatic rings. The summed E-state index contributed by atoms with van der Waals surface area (Å²) in [5.74, 6) is 4.90. The van der Waals surface area contributed by atoms with E-state index in [1.54, 1.807) is 5.56 Å². The molecule has 0 N–H and O–H groups in total. The zero-order valence-electron chi connectivity index (χ0n) is 26.7. The van der Waals surface area contributed by atoms with Crippen LogP contribution in [0, 0.1) is 34.5 Å². The van der Waals surface area contributed by atoms with Gasteiger partial charge in [0.15, 0.2) is 17.5 Å². The Balaban J connectivity index is 1.07. The Morgan fingerprint density at radius 3 is 1.52 bits per heavy atom. The van der Waals surface area contributed by atoms with Crippen LogP contribution in [0.1, 0.15) is 43.2 Å². The largest absolute Gasteiger partial charge is 0.208 e. The van der Waals surface area contributed by atoms with Crippen LogP contribution in [0.4, 0.5) is 0 Å². The number of rotatable bonds is 6. The van der Waals surface area contributed by atoms with Crippen molar-refractivity contribution in [2.45, 2.75) is 37.5 Å². The molecule has 230 valence electrons. The van der Waals surface area contributed by atoms with Gasteiger partial charge in [-0.15, -0.1) is 0 Å². The third kappa shape index (κ3) is 3.97. The van der Waals surface area contributed by atoms with Gasteiger partial charge < -0.3 is 0 Å². The van der Waals surface area contributed by atoms with E-state index in [0.29, 0.717) is 28.5 Å². The van der Waals surface area contributed by atoms with E-state index in [4.69, 9.17) is 15.0 Å². The first-order chi connectivity index (χ1) is 23.6. The topological polar surface area (TPSA) is 62.5 Å². The van der Waals surface area contributed by atoms with Crippen LogP contribution in [0.2, 0.25) is 0 Å². The van der Waals surface area contributed by atoms with Gasteiger partial charge in [-0.2, -0.15) is 5.26 Å². The Morgan fingerprint density at radius 2 is 1.00 bits per heavy atom. The van der Waals surface area contributed by atoms with E-state index in [0.717, 1.165) is 56.5 Å². The quantitative estimate of drug-likeness (QED) is 0.186. The highest BCUT2D eigenvalue weighted by Gasteiger charge is 2.77. The molecule has 2 bridgehead atoms. The third-order valence-corrected chi connectivity index (χ3v) is 12.5. The molecule has 4 saturated carbocycles. The minimum atomic E-state index is 0.397. The fourth-order valence-electron chi connectivity index (χ4n) is 10.3. The van der Waals surface area contributed by atoms with Crippen molar-refractivity contribution >= 4 is 0 Å². The van der Waals surface area contributed by atoms with E-state index < -0.39 is 0 Å². The van der Waals surface area contributed by atoms with Crippen LogP contribution in [0.3, 0.4) is 0 Å². The maximum Gasteiger partial charge on any atom is 0.164 e. The number of nitriles is 1. The Bertz CT molecular complexity index is 2230. The third-order valence-electron chi connectivity index (χ3n) is 12.5. The molecule has 1 spiro atoms. The second kappa shape index (κ2) is 10.3. The first-order valence-electron chi connectivity index (χ1n) is 17.3. The smallest absolute Gasteiger partial charge is 0.164 e. The molecule has 0 amide bonds. The van der Waals surface area contributed by atoms with Gasteiger partial charge in [0.05, 0.1) is 11.6 Å². The highest BCUT2D eigenvalue weighted by molar-refractivity contribution is 5.84. The summed E-state index contributed by atoms with van der Waals surface area (Å²) in [6, 6.07) is 46.3. The molecule has 0 saturated heterocycles. The number of hydrogen-bond acceptors (Lipinski definition) is 4. The molecule has 1 heterocycles. The van der Waals surface area contributed by atoms with Gasteiger partial charge in [0.25, 0.3) is 0 Å². The van der Waals surface area contributed by atoms with Gasteiger partial charge in [0.2, 0.25) is 0 Å². The van der Waals surface area contributed by atoms with Crippen LogP contribution in [-0.2, 0) is 5.41 Å². The molecular weight excluding hydrogens is 585 g/mol. The van der Waals surface area contributed by atoms with E-state index in [2.05, 4.69) is 66.7 Å². The van der Waals surface area contributed by atoms with Crippen LogP contribution in [0.25, 0.3) is 56.4 Å². The van der Waals surface area contributed by atoms with Crippen LogP contribution in [-0.4, -0.2) is 15.0 Å². The van der Waals surface area contributed by atoms with E-state index in [-0.39, 0.29) is 0 Å². The molecular formula is C44H34N4. The zero-order valence-corrected chi connectivity index (χ0v) is 26.7. The van der Waals surface area contributed by atoms with Crippen molar-refractivity contribution in [1.82, 2.24) is 15.0 Å². The van der Waals surface area contributed by atoms with Crippen LogP contribution in [0.15, 0.2) is 127 Å². The lowest BCUT2D eigenvalue weighted by molar-refractivity contribution is -0.175. The average Bonchev–Trinajstić information content (AvgIpc) is 3.65. The summed E-state index contributed by atoms with van der Waals surface area (Å²) in [7, 11) is 0. The first kappa shape index (κ1) is 27.7. The van der Waals surface area contributed by atoms with Gasteiger partial charge in [-0.25, -0.2) is 15.0 Å². The molecule has 4 fully saturated rings. The van der Waals surface area contributed by atoms with E-state index in [9.17, 15) is 5.26 Å². The Hall–Kier alpha value is -5.40. The predicted octanol–water partition coefficient (Wildman–Crippen LogP) is 10.2. The number of nitrogens with zero attached hydrogens (tertiary/aromatic N) is 4. The number of hydrogen-bond donors (Lipinski definition) is 0. The van der Waals surface area contributed by atoms with Crippen LogP contribution >= 0.6 is 0 Å². The predicted molar refractivity (Wildman–Crippen MR) is 189 cm³/mol. The second-order valence-corrected chi connectivity index (χ2v) is 14.6. The molecule has 4 nitrogen and oxygen atoms in total. The van der Waals surface area contributed by atoms with E-state index in [1.165, 1.54) is 37.7 Å². The molecule has 5 aromatic carbocycles. The van der Waals surface area contributed by atoms with Crippen LogP contribution < -0.4 is 0 Å². The molecule has 5 atom stereocenters. The molecule has 0 radical (unpaired) electrons. The van der Waals surface area contributed by atoms with Crippen molar-refractivity contribution in [1.29, 1.82) is 5.26 Å². The average molecular weight is 619 g/mol. The van der Waals surface area contributed by atoms with Crippen molar-refractivity contribution in [2.75, 3.05) is 0 Å². The lowest BCUT2D eigenvalue weighted by atomic mass is 9.38. The maximum atomic E-state index is 9.36. The molecule has 4 aliphatic carbocycles. The maximum absolute atomic E-state index is 9.36. The molecule has 48 heavy (non-hydrogen) atoms. The van der Waals surface area contributed by atoms with Crippen molar-refractivity contribution < 1.29 is 0 Å². The minimum Gasteiger partial charge on any atom is -0.208 e. The molecule has 10 rings (SSSR count). The molecule has 4 aliphatic rings. The molecule has 0 aliphatic heterocycles. The normalized spacial score (nSPS) is 25.9. The highest BCUT2D eigenvalue weighted by atomic mass is 15.0. The summed E-state index contributed by atoms with van der Waals surface area (Å²) in [5.41, 5.74) is 10.5. The van der Waals surface area contributed by atoms with Gasteiger partial charge in [-0.3, -0.25) is 0 Å². The Labute approximate surface area is 281 Å². The summed E-state index contributed by atoms with van der Waals surface area (Å²) in [6.07, 6.45) is 7.20. The molecule has 4 heteroatoms. The lowest BCUT2D eigenvalue weighted by Gasteiger charge is -2.66. The summed E-state index contributed by atoms with van der Waals surface area (Å²) < 4.78 is 0. The highest BCUT2D eigenvalue weighted by Crippen LogP contribution is 2.84. The summed E-state index contributed by atoms with van der Waals surface area (Å²) in [4.78, 5) is 15.3. The van der Waals surface area contributed by atoms with Gasteiger partial charge >= 0.3 is 0 Å². The molecule has 1 unspecified atom stereocenters. The number of aromatic nitrogens is 3. The first-order valence-corrected chi connectivity index (χ1v) is 17.3. The Kier molecular flexibility index (Phi) is 5.94. The standard InChI is InChI=1S/C44H34N4/c45-26-28-14-16-29(17-15-28)36-10-4-6-12-38(36)41-46-40(31-8-2-1-3-9-31)47-42(48-41)39-13-7-5-11-37(39)30-18-20-32(21-19-30)43-24-34-22-33-23-35(25-43)44(33,34)27-43/h1-21,33-35H,22-25,27H2/t33-,34-,35+,43?,44+. The monoisotopic (exact) mass is 618 g/mol. The summed E-state index contributed by atoms with van der Waals surface area (Å²) in [6.45, 7) is 0. The lowest BCUT2D eigenvalue weighted by Crippen LogP contribution is -2.59. The van der Waals surface area contributed by atoms with Gasteiger partial charge in [0, 0.05) is 16.7 Å². The SMILES string of the molecule is N#Cc1ccc(-c2ccccc2-c2nc(-c3ccccc3)nc(-c3ccccc3-c3ccc(C45C[C@H]6C[C@@H]7C[C@@H](C4)[C@@]76C5)cc3)n2)cc1. The molecule has 1 aromatic heterocycles.